The van der Waals surface area contributed by atoms with Gasteiger partial charge in [0.15, 0.2) is 0 Å². The van der Waals surface area contributed by atoms with Gasteiger partial charge in [0.25, 0.3) is 0 Å². The van der Waals surface area contributed by atoms with E-state index in [2.05, 4.69) is 15.9 Å². The molecule has 0 aromatic carbocycles. The van der Waals surface area contributed by atoms with Crippen molar-refractivity contribution in [3.8, 4) is 0 Å². The molecule has 0 spiro atoms. The van der Waals surface area contributed by atoms with Crippen LogP contribution in [-0.2, 0) is 4.79 Å². The molecule has 1 aliphatic heterocycles. The lowest BCUT2D eigenvalue weighted by molar-refractivity contribution is -0.185. The van der Waals surface area contributed by atoms with Crippen molar-refractivity contribution in [3.63, 3.8) is 0 Å². The number of carbonyl (C=O) groups is 1. The molecule has 88 valence electrons. The predicted molar refractivity (Wildman–Crippen MR) is 55.8 cm³/mol. The number of allylic oxidation sites excluding steroid dienone is 3. The van der Waals surface area contributed by atoms with E-state index in [0.29, 0.717) is 6.42 Å². The molecule has 0 radical (unpaired) electrons. The first-order valence-corrected chi connectivity index (χ1v) is 5.61. The Morgan fingerprint density at radius 3 is 2.75 bits per heavy atom. The topological polar surface area (TPSA) is 20.3 Å². The molecule has 0 aromatic rings. The van der Waals surface area contributed by atoms with Gasteiger partial charge in [0.05, 0.1) is 0 Å². The highest BCUT2D eigenvalue weighted by Crippen LogP contribution is 2.37. The maximum Gasteiger partial charge on any atom is 0.471 e. The average molecular weight is 296 g/mol. The standard InChI is InChI=1S/C10H9BrF3NO/c11-8-2-1-6-5-15(4-3-7(6)8)9(16)10(12,13)14/h1-2,7H,3-5H2. The van der Waals surface area contributed by atoms with Gasteiger partial charge in [-0.1, -0.05) is 28.1 Å². The van der Waals surface area contributed by atoms with Crippen LogP contribution in [0, 0.1) is 5.92 Å². The Morgan fingerprint density at radius 2 is 2.12 bits per heavy atom. The molecule has 0 saturated carbocycles. The number of alkyl halides is 3. The Bertz CT molecular complexity index is 386. The number of halogens is 4. The summed E-state index contributed by atoms with van der Waals surface area (Å²) in [5, 5.41) is 0. The molecule has 1 amide bonds. The van der Waals surface area contributed by atoms with E-state index in [-0.39, 0.29) is 19.0 Å². The Balaban J connectivity index is 2.07. The second kappa shape index (κ2) is 3.91. The largest absolute Gasteiger partial charge is 0.471 e. The lowest BCUT2D eigenvalue weighted by atomic mass is 9.94. The molecule has 1 fully saturated rings. The third kappa shape index (κ3) is 2.03. The summed E-state index contributed by atoms with van der Waals surface area (Å²) in [5.41, 5.74) is 0.871. The second-order valence-corrected chi connectivity index (χ2v) is 4.77. The summed E-state index contributed by atoms with van der Waals surface area (Å²) >= 11 is 3.36. The number of hydrogen-bond acceptors (Lipinski definition) is 1. The number of rotatable bonds is 0. The minimum absolute atomic E-state index is 0.0780. The summed E-state index contributed by atoms with van der Waals surface area (Å²) in [6, 6.07) is 0. The maximum atomic E-state index is 12.2. The fourth-order valence-corrected chi connectivity index (χ4v) is 2.67. The lowest BCUT2D eigenvalue weighted by Crippen LogP contribution is -2.45. The van der Waals surface area contributed by atoms with Gasteiger partial charge in [-0.25, -0.2) is 0 Å². The molecular weight excluding hydrogens is 287 g/mol. The highest BCUT2D eigenvalue weighted by molar-refractivity contribution is 9.11. The molecule has 2 aliphatic rings. The van der Waals surface area contributed by atoms with E-state index in [9.17, 15) is 18.0 Å². The normalized spacial score (nSPS) is 25.0. The SMILES string of the molecule is O=C(N1CCC2C(Br)=CC=C2C1)C(F)(F)F. The van der Waals surface area contributed by atoms with Gasteiger partial charge < -0.3 is 4.90 Å². The van der Waals surface area contributed by atoms with Crippen molar-refractivity contribution in [2.75, 3.05) is 13.1 Å². The second-order valence-electron chi connectivity index (χ2n) is 3.86. The van der Waals surface area contributed by atoms with Crippen molar-refractivity contribution in [1.82, 2.24) is 4.90 Å². The van der Waals surface area contributed by atoms with Gasteiger partial charge >= 0.3 is 12.1 Å². The summed E-state index contributed by atoms with van der Waals surface area (Å²) in [5.74, 6) is -1.58. The van der Waals surface area contributed by atoms with Crippen LogP contribution < -0.4 is 0 Å². The zero-order valence-corrected chi connectivity index (χ0v) is 9.81. The van der Waals surface area contributed by atoms with Crippen LogP contribution in [0.5, 0.6) is 0 Å². The number of amides is 1. The molecule has 1 heterocycles. The zero-order chi connectivity index (χ0) is 11.9. The van der Waals surface area contributed by atoms with Gasteiger partial charge in [-0.05, 0) is 12.0 Å². The molecule has 1 aliphatic carbocycles. The minimum Gasteiger partial charge on any atom is -0.331 e. The Hall–Kier alpha value is -0.780. The summed E-state index contributed by atoms with van der Waals surface area (Å²) in [4.78, 5) is 11.9. The van der Waals surface area contributed by atoms with Crippen LogP contribution in [0.3, 0.4) is 0 Å². The van der Waals surface area contributed by atoms with Crippen molar-refractivity contribution in [1.29, 1.82) is 0 Å². The van der Waals surface area contributed by atoms with E-state index in [0.717, 1.165) is 15.0 Å². The fraction of sp³-hybridized carbons (Fsp3) is 0.500. The molecule has 16 heavy (non-hydrogen) atoms. The predicted octanol–water partition coefficient (Wildman–Crippen LogP) is 2.62. The minimum atomic E-state index is -4.77. The van der Waals surface area contributed by atoms with E-state index in [1.165, 1.54) is 0 Å². The van der Waals surface area contributed by atoms with E-state index in [4.69, 9.17) is 0 Å². The van der Waals surface area contributed by atoms with Crippen LogP contribution in [-0.4, -0.2) is 30.1 Å². The number of fused-ring (bicyclic) bond motifs is 1. The molecular formula is C10H9BrF3NO. The summed E-state index contributed by atoms with van der Waals surface area (Å²) < 4.78 is 37.7. The van der Waals surface area contributed by atoms with Crippen LogP contribution >= 0.6 is 15.9 Å². The Labute approximate surface area is 98.9 Å². The smallest absolute Gasteiger partial charge is 0.331 e. The highest BCUT2D eigenvalue weighted by Gasteiger charge is 2.44. The highest BCUT2D eigenvalue weighted by atomic mass is 79.9. The third-order valence-corrected chi connectivity index (χ3v) is 3.64. The molecule has 1 saturated heterocycles. The number of piperidine rings is 1. The maximum absolute atomic E-state index is 12.2. The third-order valence-electron chi connectivity index (χ3n) is 2.83. The van der Waals surface area contributed by atoms with Crippen LogP contribution in [0.25, 0.3) is 0 Å². The van der Waals surface area contributed by atoms with Gasteiger partial charge in [0.1, 0.15) is 0 Å². The number of carbonyl (C=O) groups excluding carboxylic acids is 1. The van der Waals surface area contributed by atoms with E-state index in [1.807, 2.05) is 6.08 Å². The quantitative estimate of drug-likeness (QED) is 0.673. The number of hydrogen-bond donors (Lipinski definition) is 0. The van der Waals surface area contributed by atoms with Gasteiger partial charge in [0.2, 0.25) is 0 Å². The van der Waals surface area contributed by atoms with Crippen LogP contribution in [0.15, 0.2) is 22.2 Å². The fourth-order valence-electron chi connectivity index (χ4n) is 2.02. The zero-order valence-electron chi connectivity index (χ0n) is 8.22. The molecule has 1 atom stereocenters. The Kier molecular flexibility index (Phi) is 2.86. The van der Waals surface area contributed by atoms with Crippen LogP contribution in [0.2, 0.25) is 0 Å². The van der Waals surface area contributed by atoms with Crippen molar-refractivity contribution < 1.29 is 18.0 Å². The molecule has 0 N–H and O–H groups in total. The van der Waals surface area contributed by atoms with Gasteiger partial charge in [-0.2, -0.15) is 13.2 Å². The molecule has 2 rings (SSSR count). The van der Waals surface area contributed by atoms with E-state index >= 15 is 0 Å². The average Bonchev–Trinajstić information content (AvgIpc) is 2.57. The van der Waals surface area contributed by atoms with E-state index < -0.39 is 12.1 Å². The molecule has 0 bridgehead atoms. The molecule has 2 nitrogen and oxygen atoms in total. The van der Waals surface area contributed by atoms with Crippen molar-refractivity contribution in [2.45, 2.75) is 12.6 Å². The van der Waals surface area contributed by atoms with E-state index in [1.54, 1.807) is 6.08 Å². The van der Waals surface area contributed by atoms with Crippen LogP contribution in [0.4, 0.5) is 13.2 Å². The molecule has 0 aromatic heterocycles. The molecule has 1 unspecified atom stereocenters. The van der Waals surface area contributed by atoms with Gasteiger partial charge in [-0.15, -0.1) is 0 Å². The monoisotopic (exact) mass is 295 g/mol. The number of likely N-dealkylation sites (tertiary alicyclic amines) is 1. The van der Waals surface area contributed by atoms with Crippen molar-refractivity contribution >= 4 is 21.8 Å². The summed E-state index contributed by atoms with van der Waals surface area (Å²) in [6.07, 6.45) is -0.604. The summed E-state index contributed by atoms with van der Waals surface area (Å²) in [6.45, 7) is 0.234. The first-order chi connectivity index (χ1) is 7.39. The van der Waals surface area contributed by atoms with Gasteiger partial charge in [-0.3, -0.25) is 4.79 Å². The molecule has 6 heteroatoms. The van der Waals surface area contributed by atoms with Crippen molar-refractivity contribution in [3.05, 3.63) is 22.2 Å². The van der Waals surface area contributed by atoms with Crippen molar-refractivity contribution in [2.24, 2.45) is 5.92 Å². The van der Waals surface area contributed by atoms with Gasteiger partial charge in [0, 0.05) is 23.5 Å². The lowest BCUT2D eigenvalue weighted by Gasteiger charge is -2.32. The number of nitrogens with zero attached hydrogens (tertiary/aromatic N) is 1. The first kappa shape index (κ1) is 11.7. The first-order valence-electron chi connectivity index (χ1n) is 4.82. The van der Waals surface area contributed by atoms with Crippen LogP contribution in [0.1, 0.15) is 6.42 Å². The summed E-state index contributed by atoms with van der Waals surface area (Å²) in [7, 11) is 0. The Morgan fingerprint density at radius 1 is 1.44 bits per heavy atom.